The molecule has 3 aromatic rings. The number of hydrogen-bond acceptors (Lipinski definition) is 4. The fourth-order valence-electron chi connectivity index (χ4n) is 3.03. The van der Waals surface area contributed by atoms with Crippen molar-refractivity contribution >= 4 is 32.6 Å². The minimum absolute atomic E-state index is 0.00632. The number of quaternary nitrogens is 1. The molecule has 1 N–H and O–H groups in total. The molecule has 0 fully saturated rings. The van der Waals surface area contributed by atoms with Gasteiger partial charge in [0.2, 0.25) is 0 Å². The summed E-state index contributed by atoms with van der Waals surface area (Å²) in [4.78, 5) is 21.2. The highest BCUT2D eigenvalue weighted by Gasteiger charge is 2.22. The first kappa shape index (κ1) is 19.3. The quantitative estimate of drug-likeness (QED) is 0.650. The van der Waals surface area contributed by atoms with Gasteiger partial charge in [-0.2, -0.15) is 0 Å². The number of nitrogens with one attached hydrogen (secondary N) is 1. The fraction of sp³-hybridized carbons (Fsp3) is 0.333. The van der Waals surface area contributed by atoms with Crippen molar-refractivity contribution in [3.05, 3.63) is 54.1 Å². The number of amides is 1. The van der Waals surface area contributed by atoms with E-state index in [9.17, 15) is 4.79 Å². The van der Waals surface area contributed by atoms with Crippen LogP contribution in [-0.4, -0.2) is 44.2 Å². The van der Waals surface area contributed by atoms with Crippen LogP contribution in [0, 0.1) is 0 Å². The number of ether oxygens (including phenoxy) is 1. The van der Waals surface area contributed by atoms with Crippen molar-refractivity contribution in [1.29, 1.82) is 0 Å². The van der Waals surface area contributed by atoms with Crippen LogP contribution in [0.2, 0.25) is 0 Å². The first-order chi connectivity index (χ1) is 13.2. The van der Waals surface area contributed by atoms with Gasteiger partial charge in [0.05, 0.1) is 43.5 Å². The number of carbonyl (C=O) groups is 1. The lowest BCUT2D eigenvalue weighted by atomic mass is 10.2. The number of benzene rings is 2. The molecule has 0 saturated carbocycles. The Labute approximate surface area is 164 Å². The molecule has 0 aliphatic heterocycles. The standard InChI is InChI=1S/C21H25N3O2S/c1-4-23(5-2)13-14-24(20(25)16-9-7-6-8-10-16)21-22-18-12-11-17(26-3)15-19(18)27-21/h6-12,15H,4-5,13-14H2,1-3H3/p+1. The average Bonchev–Trinajstić information content (AvgIpc) is 3.14. The molecule has 0 bridgehead atoms. The number of fused-ring (bicyclic) bond motifs is 1. The smallest absolute Gasteiger partial charge is 0.260 e. The Morgan fingerprint density at radius 2 is 1.89 bits per heavy atom. The van der Waals surface area contributed by atoms with E-state index in [1.54, 1.807) is 7.11 Å². The molecule has 5 nitrogen and oxygen atoms in total. The number of anilines is 1. The van der Waals surface area contributed by atoms with Crippen LogP contribution >= 0.6 is 11.3 Å². The topological polar surface area (TPSA) is 46.9 Å². The zero-order chi connectivity index (χ0) is 19.2. The van der Waals surface area contributed by atoms with Gasteiger partial charge in [0.25, 0.3) is 5.91 Å². The lowest BCUT2D eigenvalue weighted by Crippen LogP contribution is -3.12. The average molecular weight is 385 g/mol. The van der Waals surface area contributed by atoms with E-state index in [4.69, 9.17) is 9.72 Å². The lowest BCUT2D eigenvalue weighted by Gasteiger charge is -2.23. The van der Waals surface area contributed by atoms with Gasteiger partial charge >= 0.3 is 0 Å². The summed E-state index contributed by atoms with van der Waals surface area (Å²) in [7, 11) is 1.65. The molecule has 142 valence electrons. The highest BCUT2D eigenvalue weighted by atomic mass is 32.1. The monoisotopic (exact) mass is 384 g/mol. The first-order valence-corrected chi connectivity index (χ1v) is 10.1. The highest BCUT2D eigenvalue weighted by Crippen LogP contribution is 2.32. The summed E-state index contributed by atoms with van der Waals surface area (Å²) < 4.78 is 6.33. The third-order valence-corrected chi connectivity index (χ3v) is 5.81. The van der Waals surface area contributed by atoms with E-state index in [1.165, 1.54) is 16.2 Å². The second-order valence-corrected chi connectivity index (χ2v) is 7.37. The minimum atomic E-state index is -0.00632. The third kappa shape index (κ3) is 4.46. The Kier molecular flexibility index (Phi) is 6.42. The van der Waals surface area contributed by atoms with Crippen LogP contribution < -0.4 is 14.5 Å². The van der Waals surface area contributed by atoms with E-state index >= 15 is 0 Å². The van der Waals surface area contributed by atoms with Crippen molar-refractivity contribution in [2.45, 2.75) is 13.8 Å². The largest absolute Gasteiger partial charge is 0.497 e. The van der Waals surface area contributed by atoms with Crippen LogP contribution in [0.25, 0.3) is 10.2 Å². The summed E-state index contributed by atoms with van der Waals surface area (Å²) >= 11 is 1.53. The number of aromatic nitrogens is 1. The van der Waals surface area contributed by atoms with Crippen LogP contribution in [0.15, 0.2) is 48.5 Å². The molecule has 0 spiro atoms. The summed E-state index contributed by atoms with van der Waals surface area (Å²) in [6.45, 7) is 7.96. The maximum atomic E-state index is 13.2. The van der Waals surface area contributed by atoms with Gasteiger partial charge in [0.15, 0.2) is 5.13 Å². The lowest BCUT2D eigenvalue weighted by molar-refractivity contribution is -0.894. The zero-order valence-electron chi connectivity index (χ0n) is 16.1. The summed E-state index contributed by atoms with van der Waals surface area (Å²) in [5, 5.41) is 0.735. The number of nitrogens with zero attached hydrogens (tertiary/aromatic N) is 2. The van der Waals surface area contributed by atoms with Crippen molar-refractivity contribution < 1.29 is 14.4 Å². The van der Waals surface area contributed by atoms with E-state index in [1.807, 2.05) is 53.4 Å². The fourth-order valence-corrected chi connectivity index (χ4v) is 4.05. The molecule has 6 heteroatoms. The molecule has 27 heavy (non-hydrogen) atoms. The molecular formula is C21H26N3O2S+. The minimum Gasteiger partial charge on any atom is -0.497 e. The van der Waals surface area contributed by atoms with Crippen molar-refractivity contribution in [1.82, 2.24) is 4.98 Å². The molecule has 0 atom stereocenters. The van der Waals surface area contributed by atoms with Crippen LogP contribution in [-0.2, 0) is 0 Å². The zero-order valence-corrected chi connectivity index (χ0v) is 16.9. The van der Waals surface area contributed by atoms with Crippen molar-refractivity contribution in [2.24, 2.45) is 0 Å². The SMILES string of the molecule is CC[NH+](CC)CCN(C(=O)c1ccccc1)c1nc2ccc(OC)cc2s1. The van der Waals surface area contributed by atoms with Gasteiger partial charge in [0, 0.05) is 5.56 Å². The van der Waals surface area contributed by atoms with Gasteiger partial charge in [-0.15, -0.1) is 0 Å². The molecule has 0 radical (unpaired) electrons. The summed E-state index contributed by atoms with van der Waals surface area (Å²) in [5.41, 5.74) is 1.57. The second-order valence-electron chi connectivity index (χ2n) is 6.36. The van der Waals surface area contributed by atoms with Crippen molar-refractivity contribution in [3.8, 4) is 5.75 Å². The molecule has 0 aliphatic rings. The van der Waals surface area contributed by atoms with Crippen LogP contribution in [0.4, 0.5) is 5.13 Å². The van der Waals surface area contributed by atoms with Gasteiger partial charge in [-0.3, -0.25) is 9.69 Å². The Morgan fingerprint density at radius 3 is 2.56 bits per heavy atom. The molecule has 2 aromatic carbocycles. The van der Waals surface area contributed by atoms with Crippen molar-refractivity contribution in [2.75, 3.05) is 38.2 Å². The second kappa shape index (κ2) is 8.97. The molecule has 0 saturated heterocycles. The predicted molar refractivity (Wildman–Crippen MR) is 111 cm³/mol. The third-order valence-electron chi connectivity index (χ3n) is 4.77. The van der Waals surface area contributed by atoms with E-state index < -0.39 is 0 Å². The molecule has 1 aromatic heterocycles. The Balaban J connectivity index is 1.94. The molecular weight excluding hydrogens is 358 g/mol. The van der Waals surface area contributed by atoms with Gasteiger partial charge in [0.1, 0.15) is 5.75 Å². The molecule has 1 amide bonds. The summed E-state index contributed by atoms with van der Waals surface area (Å²) in [5.74, 6) is 0.791. The van der Waals surface area contributed by atoms with Crippen LogP contribution in [0.5, 0.6) is 5.75 Å². The van der Waals surface area contributed by atoms with Gasteiger partial charge in [-0.25, -0.2) is 4.98 Å². The Hall–Kier alpha value is -2.44. The van der Waals surface area contributed by atoms with E-state index in [0.29, 0.717) is 12.1 Å². The number of carbonyl (C=O) groups excluding carboxylic acids is 1. The number of thiazole rings is 1. The summed E-state index contributed by atoms with van der Waals surface area (Å²) in [6.07, 6.45) is 0. The predicted octanol–water partition coefficient (Wildman–Crippen LogP) is 2.88. The number of methoxy groups -OCH3 is 1. The number of rotatable bonds is 8. The van der Waals surface area contributed by atoms with E-state index in [-0.39, 0.29) is 5.91 Å². The normalized spacial score (nSPS) is 11.1. The van der Waals surface area contributed by atoms with Gasteiger partial charge in [-0.05, 0) is 44.2 Å². The Bertz CT molecular complexity index is 891. The molecule has 0 unspecified atom stereocenters. The molecule has 3 rings (SSSR count). The number of likely N-dealkylation sites (N-methyl/N-ethyl adjacent to an activating group) is 1. The summed E-state index contributed by atoms with van der Waals surface area (Å²) in [6, 6.07) is 15.2. The van der Waals surface area contributed by atoms with Crippen molar-refractivity contribution in [3.63, 3.8) is 0 Å². The first-order valence-electron chi connectivity index (χ1n) is 9.31. The maximum Gasteiger partial charge on any atom is 0.260 e. The molecule has 1 heterocycles. The van der Waals surface area contributed by atoms with Gasteiger partial charge in [-0.1, -0.05) is 29.5 Å². The van der Waals surface area contributed by atoms with Gasteiger partial charge < -0.3 is 9.64 Å². The molecule has 0 aliphatic carbocycles. The maximum absolute atomic E-state index is 13.2. The van der Waals surface area contributed by atoms with Crippen LogP contribution in [0.1, 0.15) is 24.2 Å². The van der Waals surface area contributed by atoms with E-state index in [0.717, 1.165) is 40.7 Å². The van der Waals surface area contributed by atoms with Crippen LogP contribution in [0.3, 0.4) is 0 Å². The Morgan fingerprint density at radius 1 is 1.15 bits per heavy atom. The van der Waals surface area contributed by atoms with E-state index in [2.05, 4.69) is 13.8 Å². The number of hydrogen-bond donors (Lipinski definition) is 1. The highest BCUT2D eigenvalue weighted by molar-refractivity contribution is 7.22.